The molecular weight excluding hydrogens is 222 g/mol. The molecule has 1 heterocycles. The van der Waals surface area contributed by atoms with Crippen LogP contribution in [0.25, 0.3) is 0 Å². The quantitative estimate of drug-likeness (QED) is 0.454. The molecule has 0 unspecified atom stereocenters. The number of benzene rings is 1. The summed E-state index contributed by atoms with van der Waals surface area (Å²) in [6.45, 7) is 0.292. The Morgan fingerprint density at radius 3 is 2.62 bits per heavy atom. The molecule has 1 aromatic rings. The van der Waals surface area contributed by atoms with Crippen molar-refractivity contribution in [3.63, 3.8) is 0 Å². The normalized spacial score (nSPS) is 14.5. The van der Waals surface area contributed by atoms with Crippen LogP contribution in [0.15, 0.2) is 47.8 Å². The first kappa shape index (κ1) is 10.8. The average Bonchev–Trinajstić information content (AvgIpc) is 2.79. The zero-order valence-corrected chi connectivity index (χ0v) is 9.50. The summed E-state index contributed by atoms with van der Waals surface area (Å²) in [5.41, 5.74) is 4.74. The number of nitro groups is 1. The van der Waals surface area contributed by atoms with Gasteiger partial charge < -0.3 is 4.43 Å². The second kappa shape index (κ2) is 4.87. The Balaban J connectivity index is 2.06. The Labute approximate surface area is 94.7 Å². The Kier molecular flexibility index (Phi) is 3.28. The van der Waals surface area contributed by atoms with Crippen LogP contribution in [0.1, 0.15) is 5.56 Å². The average molecular weight is 232 g/mol. The Morgan fingerprint density at radius 1 is 1.25 bits per heavy atom. The van der Waals surface area contributed by atoms with Gasteiger partial charge in [0.25, 0.3) is 14.7 Å². The van der Waals surface area contributed by atoms with E-state index in [-0.39, 0.29) is 10.6 Å². The van der Waals surface area contributed by atoms with Gasteiger partial charge in [-0.05, 0) is 6.07 Å². The number of hydrogen-bond acceptors (Lipinski definition) is 3. The molecule has 4 nitrogen and oxygen atoms in total. The highest BCUT2D eigenvalue weighted by Gasteiger charge is 2.14. The van der Waals surface area contributed by atoms with Gasteiger partial charge in [0.2, 0.25) is 0 Å². The van der Waals surface area contributed by atoms with Gasteiger partial charge in [-0.25, -0.2) is 0 Å². The summed E-state index contributed by atoms with van der Waals surface area (Å²) >= 11 is 0. The molecule has 2 rings (SSSR count). The third kappa shape index (κ3) is 2.44. The maximum absolute atomic E-state index is 10.7. The highest BCUT2D eigenvalue weighted by atomic mass is 28.3. The fourth-order valence-electron chi connectivity index (χ4n) is 1.42. The number of para-hydroxylation sites is 1. The molecule has 16 heavy (non-hydrogen) atoms. The van der Waals surface area contributed by atoms with E-state index in [1.807, 2.05) is 23.6 Å². The summed E-state index contributed by atoms with van der Waals surface area (Å²) < 4.78 is 5.60. The molecule has 1 aliphatic rings. The molecule has 0 fully saturated rings. The van der Waals surface area contributed by atoms with E-state index < -0.39 is 9.04 Å². The van der Waals surface area contributed by atoms with Crippen molar-refractivity contribution in [1.82, 2.24) is 0 Å². The molecule has 1 aliphatic heterocycles. The molecule has 0 atom stereocenters. The van der Waals surface area contributed by atoms with Crippen molar-refractivity contribution in [1.29, 1.82) is 0 Å². The summed E-state index contributed by atoms with van der Waals surface area (Å²) in [6, 6.07) is 6.66. The lowest BCUT2D eigenvalue weighted by Crippen LogP contribution is -2.11. The van der Waals surface area contributed by atoms with Crippen LogP contribution in [0.3, 0.4) is 0 Å². The first-order chi connectivity index (χ1) is 7.77. The first-order valence-corrected chi connectivity index (χ1v) is 6.40. The van der Waals surface area contributed by atoms with E-state index in [9.17, 15) is 10.1 Å². The predicted molar refractivity (Wildman–Crippen MR) is 61.9 cm³/mol. The highest BCUT2D eigenvalue weighted by molar-refractivity contribution is 6.64. The second-order valence-electron chi connectivity index (χ2n) is 3.30. The topological polar surface area (TPSA) is 52.4 Å². The summed E-state index contributed by atoms with van der Waals surface area (Å²) in [4.78, 5) is 10.4. The number of allylic oxidation sites excluding steroid dienone is 2. The minimum absolute atomic E-state index is 0.121. The lowest BCUT2D eigenvalue weighted by molar-refractivity contribution is -0.385. The summed E-state index contributed by atoms with van der Waals surface area (Å²) in [6.07, 6.45) is 3.88. The fourth-order valence-corrected chi connectivity index (χ4v) is 2.65. The van der Waals surface area contributed by atoms with Crippen LogP contribution in [-0.2, 0) is 11.0 Å². The molecule has 5 heteroatoms. The van der Waals surface area contributed by atoms with E-state index in [0.29, 0.717) is 12.2 Å². The van der Waals surface area contributed by atoms with E-state index in [1.165, 1.54) is 6.07 Å². The molecule has 0 saturated carbocycles. The lowest BCUT2D eigenvalue weighted by atomic mass is 10.2. The molecule has 0 N–H and O–H groups in total. The number of rotatable bonds is 4. The summed E-state index contributed by atoms with van der Waals surface area (Å²) in [5.74, 6) is 0. The van der Waals surface area contributed by atoms with Gasteiger partial charge in [0.15, 0.2) is 0 Å². The third-order valence-corrected chi connectivity index (χ3v) is 3.73. The summed E-state index contributed by atoms with van der Waals surface area (Å²) in [5, 5.41) is 10.7. The molecule has 0 aliphatic carbocycles. The summed E-state index contributed by atoms with van der Waals surface area (Å²) in [7, 11) is -1.04. The molecule has 0 amide bonds. The molecule has 0 aromatic heterocycles. The van der Waals surface area contributed by atoms with Crippen molar-refractivity contribution in [3.8, 4) is 0 Å². The van der Waals surface area contributed by atoms with E-state index in [0.717, 1.165) is 0 Å². The van der Waals surface area contributed by atoms with Crippen molar-refractivity contribution in [2.75, 3.05) is 0 Å². The smallest absolute Gasteiger partial charge is 0.274 e. The molecular formula is C11H10NO3Si. The van der Waals surface area contributed by atoms with Crippen LogP contribution in [-0.4, -0.2) is 14.0 Å². The number of nitrogens with zero attached hydrogens (tertiary/aromatic N) is 1. The van der Waals surface area contributed by atoms with Gasteiger partial charge >= 0.3 is 0 Å². The van der Waals surface area contributed by atoms with E-state index in [2.05, 4.69) is 0 Å². The maximum Gasteiger partial charge on any atom is 0.274 e. The molecule has 0 saturated heterocycles. The standard InChI is InChI=1S/C11H10NO3Si/c13-12(14)11-6-2-1-5-10(11)9-15-16-7-3-4-8-16/h1-8H,9H2. The fraction of sp³-hybridized carbons (Fsp3) is 0.0909. The van der Waals surface area contributed by atoms with Gasteiger partial charge in [0.1, 0.15) is 0 Å². The molecule has 1 radical (unpaired) electrons. The van der Waals surface area contributed by atoms with Crippen LogP contribution >= 0.6 is 0 Å². The minimum atomic E-state index is -1.04. The van der Waals surface area contributed by atoms with E-state index in [4.69, 9.17) is 4.43 Å². The van der Waals surface area contributed by atoms with Crippen molar-refractivity contribution in [3.05, 3.63) is 63.5 Å². The second-order valence-corrected chi connectivity index (χ2v) is 5.06. The predicted octanol–water partition coefficient (Wildman–Crippen LogP) is 2.31. The van der Waals surface area contributed by atoms with Gasteiger partial charge in [-0.3, -0.25) is 10.1 Å². The SMILES string of the molecule is O=[N+]([O-])c1ccccc1CO[Si]1C=CC=C1. The van der Waals surface area contributed by atoms with Gasteiger partial charge in [-0.2, -0.15) is 0 Å². The zero-order chi connectivity index (χ0) is 11.4. The Bertz CT molecular complexity index is 444. The molecule has 0 bridgehead atoms. The number of hydrogen-bond donors (Lipinski definition) is 0. The zero-order valence-electron chi connectivity index (χ0n) is 8.50. The monoisotopic (exact) mass is 232 g/mol. The van der Waals surface area contributed by atoms with Crippen LogP contribution in [0.4, 0.5) is 5.69 Å². The molecule has 1 aromatic carbocycles. The largest absolute Gasteiger partial charge is 0.404 e. The van der Waals surface area contributed by atoms with Crippen molar-refractivity contribution in [2.24, 2.45) is 0 Å². The van der Waals surface area contributed by atoms with Crippen LogP contribution in [0.2, 0.25) is 0 Å². The van der Waals surface area contributed by atoms with Gasteiger partial charge in [-0.1, -0.05) is 35.7 Å². The van der Waals surface area contributed by atoms with Crippen LogP contribution in [0.5, 0.6) is 0 Å². The van der Waals surface area contributed by atoms with E-state index >= 15 is 0 Å². The Morgan fingerprint density at radius 2 is 1.94 bits per heavy atom. The third-order valence-electron chi connectivity index (χ3n) is 2.21. The van der Waals surface area contributed by atoms with Crippen LogP contribution < -0.4 is 0 Å². The van der Waals surface area contributed by atoms with Crippen LogP contribution in [0, 0.1) is 10.1 Å². The van der Waals surface area contributed by atoms with Crippen molar-refractivity contribution >= 4 is 14.7 Å². The molecule has 81 valence electrons. The van der Waals surface area contributed by atoms with Gasteiger partial charge in [0, 0.05) is 6.07 Å². The van der Waals surface area contributed by atoms with Gasteiger partial charge in [0.05, 0.1) is 17.1 Å². The van der Waals surface area contributed by atoms with Gasteiger partial charge in [-0.15, -0.1) is 0 Å². The lowest BCUT2D eigenvalue weighted by Gasteiger charge is -2.06. The minimum Gasteiger partial charge on any atom is -0.404 e. The van der Waals surface area contributed by atoms with Crippen molar-refractivity contribution < 1.29 is 9.35 Å². The Hall–Kier alpha value is -1.72. The van der Waals surface area contributed by atoms with E-state index in [1.54, 1.807) is 18.2 Å². The highest BCUT2D eigenvalue weighted by Crippen LogP contribution is 2.19. The maximum atomic E-state index is 10.7. The van der Waals surface area contributed by atoms with Crippen molar-refractivity contribution in [2.45, 2.75) is 6.61 Å². The first-order valence-electron chi connectivity index (χ1n) is 4.84. The number of nitro benzene ring substituents is 1. The molecule has 0 spiro atoms.